The van der Waals surface area contributed by atoms with Gasteiger partial charge in [0.1, 0.15) is 5.82 Å². The van der Waals surface area contributed by atoms with E-state index >= 15 is 0 Å². The lowest BCUT2D eigenvalue weighted by atomic mass is 10.1. The quantitative estimate of drug-likeness (QED) is 0.712. The van der Waals surface area contributed by atoms with E-state index in [0.717, 1.165) is 29.7 Å². The number of nitrogens with one attached hydrogen (secondary N) is 1. The van der Waals surface area contributed by atoms with Crippen LogP contribution in [0, 0.1) is 0 Å². The number of halogens is 3. The maximum absolute atomic E-state index is 13.1. The van der Waals surface area contributed by atoms with Crippen molar-refractivity contribution in [1.29, 1.82) is 0 Å². The first kappa shape index (κ1) is 18.2. The van der Waals surface area contributed by atoms with Crippen LogP contribution in [0.3, 0.4) is 0 Å². The molecule has 0 bridgehead atoms. The predicted molar refractivity (Wildman–Crippen MR) is 99.3 cm³/mol. The highest BCUT2D eigenvalue weighted by Crippen LogP contribution is 2.39. The fourth-order valence-electron chi connectivity index (χ4n) is 3.39. The van der Waals surface area contributed by atoms with Crippen molar-refractivity contribution < 1.29 is 22.6 Å². The van der Waals surface area contributed by atoms with Gasteiger partial charge in [0, 0.05) is 17.7 Å². The third-order valence-corrected chi connectivity index (χ3v) is 4.73. The third-order valence-electron chi connectivity index (χ3n) is 4.73. The molecule has 5 nitrogen and oxygen atoms in total. The van der Waals surface area contributed by atoms with Gasteiger partial charge in [0.15, 0.2) is 11.5 Å². The largest absolute Gasteiger partial charge is 0.493 e. The van der Waals surface area contributed by atoms with Gasteiger partial charge in [-0.1, -0.05) is 6.07 Å². The Hall–Kier alpha value is -3.16. The summed E-state index contributed by atoms with van der Waals surface area (Å²) in [6, 6.07) is 10.6. The van der Waals surface area contributed by atoms with Crippen molar-refractivity contribution >= 4 is 5.82 Å². The molecule has 2 aromatic carbocycles. The number of rotatable bonds is 4. The van der Waals surface area contributed by atoms with Crippen LogP contribution in [0.4, 0.5) is 19.0 Å². The van der Waals surface area contributed by atoms with Crippen LogP contribution in [0.1, 0.15) is 11.1 Å². The zero-order valence-corrected chi connectivity index (χ0v) is 15.3. The Morgan fingerprint density at radius 2 is 1.82 bits per heavy atom. The smallest absolute Gasteiger partial charge is 0.416 e. The van der Waals surface area contributed by atoms with Crippen molar-refractivity contribution in [3.8, 4) is 28.4 Å². The van der Waals surface area contributed by atoms with Crippen molar-refractivity contribution in [3.05, 3.63) is 53.6 Å². The van der Waals surface area contributed by atoms with Gasteiger partial charge in [-0.05, 0) is 42.8 Å². The SMILES string of the molecule is COc1ccc(-c2nn(-c3cccc(C(F)(F)F)c3)c3c2CCN3)cc1OC. The highest BCUT2D eigenvalue weighted by molar-refractivity contribution is 5.74. The van der Waals surface area contributed by atoms with E-state index in [1.54, 1.807) is 26.4 Å². The Kier molecular flexibility index (Phi) is 4.41. The highest BCUT2D eigenvalue weighted by atomic mass is 19.4. The Bertz CT molecular complexity index is 1030. The summed E-state index contributed by atoms with van der Waals surface area (Å²) in [5, 5.41) is 7.85. The molecule has 1 aliphatic rings. The van der Waals surface area contributed by atoms with Crippen molar-refractivity contribution in [3.63, 3.8) is 0 Å². The molecule has 0 radical (unpaired) electrons. The Balaban J connectivity index is 1.84. The van der Waals surface area contributed by atoms with E-state index in [1.165, 1.54) is 10.7 Å². The molecule has 1 aromatic heterocycles. The minimum Gasteiger partial charge on any atom is -0.493 e. The fourth-order valence-corrected chi connectivity index (χ4v) is 3.39. The second-order valence-electron chi connectivity index (χ2n) is 6.38. The lowest BCUT2D eigenvalue weighted by Gasteiger charge is -2.11. The molecule has 4 rings (SSSR count). The molecule has 0 aliphatic carbocycles. The number of anilines is 1. The zero-order valence-electron chi connectivity index (χ0n) is 15.3. The maximum Gasteiger partial charge on any atom is 0.416 e. The summed E-state index contributed by atoms with van der Waals surface area (Å²) in [5.41, 5.74) is 2.12. The van der Waals surface area contributed by atoms with Crippen LogP contribution in [-0.4, -0.2) is 30.5 Å². The standard InChI is InChI=1S/C20H18F3N3O2/c1-27-16-7-6-12(10-17(16)28-2)18-15-8-9-24-19(15)26(25-18)14-5-3-4-13(11-14)20(21,22)23/h3-7,10-11,24H,8-9H2,1-2H3. The molecule has 0 saturated heterocycles. The minimum absolute atomic E-state index is 0.354. The number of aromatic nitrogens is 2. The van der Waals surface area contributed by atoms with E-state index in [9.17, 15) is 13.2 Å². The number of hydrogen-bond donors (Lipinski definition) is 1. The number of ether oxygens (including phenoxy) is 2. The summed E-state index contributed by atoms with van der Waals surface area (Å²) >= 11 is 0. The molecule has 0 amide bonds. The van der Waals surface area contributed by atoms with Crippen LogP contribution in [0.2, 0.25) is 0 Å². The molecule has 0 spiro atoms. The molecule has 0 atom stereocenters. The summed E-state index contributed by atoms with van der Waals surface area (Å²) < 4.78 is 51.5. The van der Waals surface area contributed by atoms with Crippen molar-refractivity contribution in [2.75, 3.05) is 26.1 Å². The molecule has 2 heterocycles. The second kappa shape index (κ2) is 6.78. The van der Waals surface area contributed by atoms with E-state index in [-0.39, 0.29) is 0 Å². The molecule has 0 fully saturated rings. The van der Waals surface area contributed by atoms with Gasteiger partial charge in [0.05, 0.1) is 31.2 Å². The van der Waals surface area contributed by atoms with E-state index in [0.29, 0.717) is 35.2 Å². The summed E-state index contributed by atoms with van der Waals surface area (Å²) in [7, 11) is 3.11. The van der Waals surface area contributed by atoms with Gasteiger partial charge in [0.25, 0.3) is 0 Å². The third kappa shape index (κ3) is 3.04. The lowest BCUT2D eigenvalue weighted by Crippen LogP contribution is -2.08. The zero-order chi connectivity index (χ0) is 19.9. The van der Waals surface area contributed by atoms with E-state index in [2.05, 4.69) is 10.4 Å². The van der Waals surface area contributed by atoms with Crippen LogP contribution in [0.25, 0.3) is 16.9 Å². The van der Waals surface area contributed by atoms with E-state index < -0.39 is 11.7 Å². The first-order valence-electron chi connectivity index (χ1n) is 8.68. The van der Waals surface area contributed by atoms with Gasteiger partial charge in [-0.15, -0.1) is 0 Å². The van der Waals surface area contributed by atoms with Gasteiger partial charge in [-0.25, -0.2) is 4.68 Å². The number of nitrogens with zero attached hydrogens (tertiary/aromatic N) is 2. The first-order chi connectivity index (χ1) is 13.4. The first-order valence-corrected chi connectivity index (χ1v) is 8.68. The average molecular weight is 389 g/mol. The normalized spacial score (nSPS) is 13.2. The van der Waals surface area contributed by atoms with Crippen LogP contribution >= 0.6 is 0 Å². The van der Waals surface area contributed by atoms with Gasteiger partial charge in [0.2, 0.25) is 0 Å². The lowest BCUT2D eigenvalue weighted by molar-refractivity contribution is -0.137. The molecule has 3 aromatic rings. The number of benzene rings is 2. The molecule has 28 heavy (non-hydrogen) atoms. The molecular weight excluding hydrogens is 371 g/mol. The molecule has 146 valence electrons. The average Bonchev–Trinajstić information content (AvgIpc) is 3.29. The molecule has 0 saturated carbocycles. The monoisotopic (exact) mass is 389 g/mol. The van der Waals surface area contributed by atoms with Crippen molar-refractivity contribution in [2.45, 2.75) is 12.6 Å². The Labute approximate surface area is 159 Å². The fraction of sp³-hybridized carbons (Fsp3) is 0.250. The Morgan fingerprint density at radius 1 is 1.04 bits per heavy atom. The van der Waals surface area contributed by atoms with Gasteiger partial charge < -0.3 is 14.8 Å². The second-order valence-corrected chi connectivity index (χ2v) is 6.38. The Morgan fingerprint density at radius 3 is 2.54 bits per heavy atom. The number of hydrogen-bond acceptors (Lipinski definition) is 4. The van der Waals surface area contributed by atoms with Gasteiger partial charge in [-0.2, -0.15) is 18.3 Å². The molecule has 0 unspecified atom stereocenters. The molecule has 1 N–H and O–H groups in total. The van der Waals surface area contributed by atoms with E-state index in [1.807, 2.05) is 12.1 Å². The van der Waals surface area contributed by atoms with Gasteiger partial charge >= 0.3 is 6.18 Å². The van der Waals surface area contributed by atoms with Crippen LogP contribution < -0.4 is 14.8 Å². The van der Waals surface area contributed by atoms with Gasteiger partial charge in [-0.3, -0.25) is 0 Å². The highest BCUT2D eigenvalue weighted by Gasteiger charge is 2.31. The number of methoxy groups -OCH3 is 2. The summed E-state index contributed by atoms with van der Waals surface area (Å²) in [5.74, 6) is 1.87. The minimum atomic E-state index is -4.41. The topological polar surface area (TPSA) is 48.3 Å². The number of fused-ring (bicyclic) bond motifs is 1. The predicted octanol–water partition coefficient (Wildman–Crippen LogP) is 4.54. The van der Waals surface area contributed by atoms with Crippen molar-refractivity contribution in [2.24, 2.45) is 0 Å². The van der Waals surface area contributed by atoms with Crippen LogP contribution in [0.5, 0.6) is 11.5 Å². The van der Waals surface area contributed by atoms with Crippen LogP contribution in [-0.2, 0) is 12.6 Å². The van der Waals surface area contributed by atoms with E-state index in [4.69, 9.17) is 9.47 Å². The summed E-state index contributed by atoms with van der Waals surface area (Å²) in [6.45, 7) is 0.701. The molecule has 1 aliphatic heterocycles. The molecular formula is C20H18F3N3O2. The summed E-state index contributed by atoms with van der Waals surface area (Å²) in [6.07, 6.45) is -3.68. The van der Waals surface area contributed by atoms with Crippen molar-refractivity contribution in [1.82, 2.24) is 9.78 Å². The summed E-state index contributed by atoms with van der Waals surface area (Å²) in [4.78, 5) is 0. The molecule has 8 heteroatoms. The number of alkyl halides is 3. The van der Waals surface area contributed by atoms with Crippen LogP contribution in [0.15, 0.2) is 42.5 Å². The maximum atomic E-state index is 13.1.